The summed E-state index contributed by atoms with van der Waals surface area (Å²) in [7, 11) is 0. The van der Waals surface area contributed by atoms with Gasteiger partial charge in [-0.2, -0.15) is 13.2 Å². The summed E-state index contributed by atoms with van der Waals surface area (Å²) in [4.78, 5) is 16.1. The van der Waals surface area contributed by atoms with E-state index in [9.17, 15) is 22.4 Å². The Bertz CT molecular complexity index is 1000. The van der Waals surface area contributed by atoms with Gasteiger partial charge in [0.1, 0.15) is 5.82 Å². The minimum absolute atomic E-state index is 0.402. The first-order chi connectivity index (χ1) is 13.2. The molecule has 28 heavy (non-hydrogen) atoms. The lowest BCUT2D eigenvalue weighted by molar-refractivity contribution is -0.137. The molecule has 4 nitrogen and oxygen atoms in total. The Labute approximate surface area is 158 Å². The summed E-state index contributed by atoms with van der Waals surface area (Å²) in [6.45, 7) is 1.87. The normalized spacial score (nSPS) is 11.2. The predicted molar refractivity (Wildman–Crippen MR) is 98.5 cm³/mol. The molecule has 0 unspecified atom stereocenters. The number of nitrogens with zero attached hydrogens (tertiary/aromatic N) is 1. The van der Waals surface area contributed by atoms with Gasteiger partial charge in [-0.3, -0.25) is 4.98 Å². The lowest BCUT2D eigenvalue weighted by atomic mass is 10.1. The highest BCUT2D eigenvalue weighted by Gasteiger charge is 2.31. The first kappa shape index (κ1) is 19.3. The number of carbonyl (C=O) groups is 1. The van der Waals surface area contributed by atoms with Crippen molar-refractivity contribution in [2.24, 2.45) is 0 Å². The van der Waals surface area contributed by atoms with E-state index in [1.165, 1.54) is 0 Å². The number of anilines is 2. The molecule has 0 bridgehead atoms. The van der Waals surface area contributed by atoms with Crippen molar-refractivity contribution in [3.05, 3.63) is 77.9 Å². The lowest BCUT2D eigenvalue weighted by Crippen LogP contribution is -2.20. The van der Waals surface area contributed by atoms with Crippen LogP contribution in [0.3, 0.4) is 0 Å². The molecule has 2 aromatic carbocycles. The van der Waals surface area contributed by atoms with Crippen LogP contribution in [0.25, 0.3) is 11.1 Å². The second-order valence-corrected chi connectivity index (χ2v) is 6.03. The Morgan fingerprint density at radius 2 is 1.64 bits per heavy atom. The zero-order valence-electron chi connectivity index (χ0n) is 14.6. The molecule has 2 amide bonds. The van der Waals surface area contributed by atoms with Crippen molar-refractivity contribution in [3.8, 4) is 11.1 Å². The van der Waals surface area contributed by atoms with Crippen molar-refractivity contribution >= 4 is 17.4 Å². The molecule has 0 aliphatic carbocycles. The first-order valence-electron chi connectivity index (χ1n) is 8.20. The third-order valence-corrected chi connectivity index (χ3v) is 3.91. The third-order valence-electron chi connectivity index (χ3n) is 3.91. The van der Waals surface area contributed by atoms with Crippen LogP contribution in [0.5, 0.6) is 0 Å². The van der Waals surface area contributed by atoms with Crippen LogP contribution < -0.4 is 10.6 Å². The number of aromatic nitrogens is 1. The minimum atomic E-state index is -4.64. The minimum Gasteiger partial charge on any atom is -0.308 e. The van der Waals surface area contributed by atoms with Gasteiger partial charge in [-0.25, -0.2) is 9.18 Å². The van der Waals surface area contributed by atoms with Crippen LogP contribution in [-0.4, -0.2) is 11.0 Å². The van der Waals surface area contributed by atoms with Gasteiger partial charge in [-0.1, -0.05) is 12.1 Å². The molecule has 0 spiro atoms. The number of hydrogen-bond acceptors (Lipinski definition) is 2. The zero-order chi connectivity index (χ0) is 20.3. The molecule has 0 fully saturated rings. The highest BCUT2D eigenvalue weighted by molar-refractivity contribution is 6.00. The van der Waals surface area contributed by atoms with E-state index in [2.05, 4.69) is 15.6 Å². The molecule has 8 heteroatoms. The van der Waals surface area contributed by atoms with E-state index in [4.69, 9.17) is 0 Å². The molecule has 0 atom stereocenters. The summed E-state index contributed by atoms with van der Waals surface area (Å²) in [5.41, 5.74) is 1.51. The Morgan fingerprint density at radius 1 is 0.929 bits per heavy atom. The molecular weight excluding hydrogens is 374 g/mol. The van der Waals surface area contributed by atoms with Crippen LogP contribution in [0, 0.1) is 12.7 Å². The number of pyridine rings is 1. The van der Waals surface area contributed by atoms with E-state index < -0.39 is 29.3 Å². The summed E-state index contributed by atoms with van der Waals surface area (Å²) in [5.74, 6) is -0.966. The van der Waals surface area contributed by atoms with Crippen LogP contribution in [0.2, 0.25) is 0 Å². The van der Waals surface area contributed by atoms with Gasteiger partial charge in [-0.05, 0) is 60.5 Å². The number of carbonyl (C=O) groups excluding carboxylic acids is 1. The van der Waals surface area contributed by atoms with Gasteiger partial charge >= 0.3 is 12.2 Å². The standard InChI is InChI=1S/C20H15F4N3O/c1-12-10-14(8-9-25-12)13-2-5-16(6-3-13)26-19(28)27-18-11-15(20(22,23)24)4-7-17(18)21/h2-11H,1H3,(H2,26,27,28). The zero-order valence-corrected chi connectivity index (χ0v) is 14.6. The van der Waals surface area contributed by atoms with Gasteiger partial charge in [0.15, 0.2) is 0 Å². The molecule has 1 aromatic heterocycles. The van der Waals surface area contributed by atoms with Gasteiger partial charge in [0.05, 0.1) is 11.3 Å². The number of aryl methyl sites for hydroxylation is 1. The number of urea groups is 1. The number of nitrogens with one attached hydrogen (secondary N) is 2. The highest BCUT2D eigenvalue weighted by Crippen LogP contribution is 2.32. The fourth-order valence-electron chi connectivity index (χ4n) is 2.55. The van der Waals surface area contributed by atoms with Crippen molar-refractivity contribution < 1.29 is 22.4 Å². The second-order valence-electron chi connectivity index (χ2n) is 6.03. The van der Waals surface area contributed by atoms with Crippen molar-refractivity contribution in [3.63, 3.8) is 0 Å². The molecule has 0 saturated heterocycles. The summed E-state index contributed by atoms with van der Waals surface area (Å²) >= 11 is 0. The van der Waals surface area contributed by atoms with Gasteiger partial charge in [0.2, 0.25) is 0 Å². The lowest BCUT2D eigenvalue weighted by Gasteiger charge is -2.12. The number of alkyl halides is 3. The molecule has 0 radical (unpaired) electrons. The molecule has 0 aliphatic rings. The molecular formula is C20H15F4N3O. The molecule has 0 saturated carbocycles. The van der Waals surface area contributed by atoms with Crippen LogP contribution in [0.15, 0.2) is 60.8 Å². The largest absolute Gasteiger partial charge is 0.416 e. The third kappa shape index (κ3) is 4.64. The van der Waals surface area contributed by atoms with Gasteiger partial charge in [0.25, 0.3) is 0 Å². The van der Waals surface area contributed by atoms with E-state index in [0.29, 0.717) is 23.9 Å². The maximum atomic E-state index is 13.7. The quantitative estimate of drug-likeness (QED) is 0.552. The van der Waals surface area contributed by atoms with E-state index in [1.807, 2.05) is 19.1 Å². The Hall–Kier alpha value is -3.42. The molecule has 0 aliphatic heterocycles. The smallest absolute Gasteiger partial charge is 0.308 e. The molecule has 3 aromatic rings. The summed E-state index contributed by atoms with van der Waals surface area (Å²) in [5, 5.41) is 4.55. The molecule has 144 valence electrons. The SMILES string of the molecule is Cc1cc(-c2ccc(NC(=O)Nc3cc(C(F)(F)F)ccc3F)cc2)ccn1. The molecule has 3 rings (SSSR count). The van der Waals surface area contributed by atoms with Gasteiger partial charge in [0, 0.05) is 17.6 Å². The van der Waals surface area contributed by atoms with Crippen molar-refractivity contribution in [2.75, 3.05) is 10.6 Å². The number of hydrogen-bond donors (Lipinski definition) is 2. The fourth-order valence-corrected chi connectivity index (χ4v) is 2.55. The average molecular weight is 389 g/mol. The Morgan fingerprint density at radius 3 is 2.29 bits per heavy atom. The average Bonchev–Trinajstić information content (AvgIpc) is 2.63. The topological polar surface area (TPSA) is 54.0 Å². The van der Waals surface area contributed by atoms with E-state index in [-0.39, 0.29) is 0 Å². The van der Waals surface area contributed by atoms with E-state index in [1.54, 1.807) is 30.5 Å². The number of rotatable bonds is 3. The van der Waals surface area contributed by atoms with Crippen molar-refractivity contribution in [1.29, 1.82) is 0 Å². The summed E-state index contributed by atoms with van der Waals surface area (Å²) in [6, 6.07) is 11.5. The summed E-state index contributed by atoms with van der Waals surface area (Å²) in [6.07, 6.45) is -2.95. The molecule has 1 heterocycles. The van der Waals surface area contributed by atoms with Crippen LogP contribution in [0.1, 0.15) is 11.3 Å². The van der Waals surface area contributed by atoms with Crippen LogP contribution >= 0.6 is 0 Å². The monoisotopic (exact) mass is 389 g/mol. The maximum absolute atomic E-state index is 13.7. The maximum Gasteiger partial charge on any atom is 0.416 e. The van der Waals surface area contributed by atoms with Crippen molar-refractivity contribution in [1.82, 2.24) is 4.98 Å². The Kier molecular flexibility index (Phi) is 5.30. The second kappa shape index (κ2) is 7.67. The van der Waals surface area contributed by atoms with Crippen LogP contribution in [-0.2, 0) is 6.18 Å². The van der Waals surface area contributed by atoms with Crippen molar-refractivity contribution in [2.45, 2.75) is 13.1 Å². The van der Waals surface area contributed by atoms with E-state index in [0.717, 1.165) is 16.8 Å². The number of halogens is 4. The summed E-state index contributed by atoms with van der Waals surface area (Å²) < 4.78 is 51.9. The van der Waals surface area contributed by atoms with Gasteiger partial charge < -0.3 is 10.6 Å². The highest BCUT2D eigenvalue weighted by atomic mass is 19.4. The van der Waals surface area contributed by atoms with Gasteiger partial charge in [-0.15, -0.1) is 0 Å². The van der Waals surface area contributed by atoms with Crippen LogP contribution in [0.4, 0.5) is 33.7 Å². The number of amides is 2. The number of benzene rings is 2. The predicted octanol–water partition coefficient (Wildman–Crippen LogP) is 5.86. The van der Waals surface area contributed by atoms with E-state index >= 15 is 0 Å². The fraction of sp³-hybridized carbons (Fsp3) is 0.100. The first-order valence-corrected chi connectivity index (χ1v) is 8.20. The Balaban J connectivity index is 1.70. The molecule has 2 N–H and O–H groups in total.